The van der Waals surface area contributed by atoms with E-state index in [2.05, 4.69) is 4.98 Å². The fraction of sp³-hybridized carbons (Fsp3) is 0.105. The largest absolute Gasteiger partial charge is 0.487 e. The van der Waals surface area contributed by atoms with Crippen molar-refractivity contribution >= 4 is 5.91 Å². The van der Waals surface area contributed by atoms with Crippen molar-refractivity contribution in [3.63, 3.8) is 0 Å². The van der Waals surface area contributed by atoms with E-state index >= 15 is 0 Å². The van der Waals surface area contributed by atoms with Gasteiger partial charge < -0.3 is 15.5 Å². The molecule has 10 heteroatoms. The number of nitrogens with zero attached hydrogens (tertiary/aromatic N) is 1. The summed E-state index contributed by atoms with van der Waals surface area (Å²) in [7, 11) is 0. The third-order valence-corrected chi connectivity index (χ3v) is 3.97. The molecule has 29 heavy (non-hydrogen) atoms. The molecule has 150 valence electrons. The van der Waals surface area contributed by atoms with E-state index in [9.17, 15) is 27.2 Å². The molecular weight excluding hydrogens is 394 g/mol. The molecule has 0 saturated carbocycles. The summed E-state index contributed by atoms with van der Waals surface area (Å²) in [6, 6.07) is 8.78. The van der Waals surface area contributed by atoms with Crippen LogP contribution in [0.1, 0.15) is 21.7 Å². The second-order valence-corrected chi connectivity index (χ2v) is 5.91. The van der Waals surface area contributed by atoms with Crippen molar-refractivity contribution in [1.29, 1.82) is 0 Å². The number of hydrogen-bond acceptors (Lipinski definition) is 4. The van der Waals surface area contributed by atoms with E-state index in [0.717, 1.165) is 6.07 Å². The van der Waals surface area contributed by atoms with Crippen LogP contribution in [0, 0.1) is 5.82 Å². The lowest BCUT2D eigenvalue weighted by molar-refractivity contribution is -0.140. The number of benzene rings is 1. The number of halogens is 4. The highest BCUT2D eigenvalue weighted by atomic mass is 19.4. The number of H-pyrrole nitrogens is 1. The molecule has 0 unspecified atom stereocenters. The van der Waals surface area contributed by atoms with Crippen LogP contribution in [-0.4, -0.2) is 15.9 Å². The van der Waals surface area contributed by atoms with Crippen LogP contribution in [-0.2, 0) is 12.8 Å². The Labute approximate surface area is 161 Å². The van der Waals surface area contributed by atoms with Crippen molar-refractivity contribution in [2.24, 2.45) is 5.73 Å². The number of amides is 1. The minimum absolute atomic E-state index is 0.0624. The van der Waals surface area contributed by atoms with Crippen LogP contribution in [0.4, 0.5) is 17.6 Å². The van der Waals surface area contributed by atoms with Crippen LogP contribution in [0.25, 0.3) is 11.1 Å². The van der Waals surface area contributed by atoms with Gasteiger partial charge in [0.15, 0.2) is 0 Å². The molecule has 0 aliphatic heterocycles. The van der Waals surface area contributed by atoms with E-state index in [1.807, 2.05) is 0 Å². The molecule has 0 bridgehead atoms. The summed E-state index contributed by atoms with van der Waals surface area (Å²) in [5.41, 5.74) is 1.63. The minimum atomic E-state index is -4.86. The van der Waals surface area contributed by atoms with Gasteiger partial charge >= 0.3 is 6.18 Å². The molecule has 3 N–H and O–H groups in total. The van der Waals surface area contributed by atoms with Gasteiger partial charge in [-0.05, 0) is 35.9 Å². The highest BCUT2D eigenvalue weighted by Gasteiger charge is 2.36. The van der Waals surface area contributed by atoms with Gasteiger partial charge in [-0.3, -0.25) is 14.6 Å². The maximum atomic E-state index is 13.6. The number of nitrogens with two attached hydrogens (primary N) is 1. The molecule has 0 spiro atoms. The minimum Gasteiger partial charge on any atom is -0.487 e. The van der Waals surface area contributed by atoms with Crippen molar-refractivity contribution in [3.05, 3.63) is 81.8 Å². The molecule has 1 aromatic carbocycles. The first-order valence-corrected chi connectivity index (χ1v) is 8.14. The van der Waals surface area contributed by atoms with Gasteiger partial charge in [-0.25, -0.2) is 4.39 Å². The predicted octanol–water partition coefficient (Wildman–Crippen LogP) is 3.27. The lowest BCUT2D eigenvalue weighted by Crippen LogP contribution is -2.27. The number of aromatic nitrogens is 2. The summed E-state index contributed by atoms with van der Waals surface area (Å²) < 4.78 is 58.9. The molecular formula is C19H13F4N3O3. The Morgan fingerprint density at radius 3 is 2.45 bits per heavy atom. The SMILES string of the molecule is NC(=O)c1cc(-c2ccc(OCc3ncccc3F)cc2)c(C(F)(F)F)[nH]c1=O. The maximum absolute atomic E-state index is 13.6. The van der Waals surface area contributed by atoms with Gasteiger partial charge in [-0.2, -0.15) is 13.2 Å². The Hall–Kier alpha value is -3.69. The third-order valence-electron chi connectivity index (χ3n) is 3.97. The average molecular weight is 407 g/mol. The van der Waals surface area contributed by atoms with Gasteiger partial charge in [-0.1, -0.05) is 12.1 Å². The molecule has 3 aromatic rings. The molecule has 6 nitrogen and oxygen atoms in total. The Morgan fingerprint density at radius 1 is 1.17 bits per heavy atom. The number of primary amides is 1. The van der Waals surface area contributed by atoms with Crippen LogP contribution in [0.2, 0.25) is 0 Å². The van der Waals surface area contributed by atoms with Gasteiger partial charge in [0, 0.05) is 11.8 Å². The van der Waals surface area contributed by atoms with Gasteiger partial charge in [0.05, 0.1) is 0 Å². The standard InChI is InChI=1S/C19H13F4N3O3/c20-14-2-1-7-25-15(14)9-29-11-5-3-10(4-6-11)12-8-13(17(24)27)18(28)26-16(12)19(21,22)23/h1-8H,9H2,(H2,24,27)(H,26,28). The monoisotopic (exact) mass is 407 g/mol. The summed E-state index contributed by atoms with van der Waals surface area (Å²) >= 11 is 0. The van der Waals surface area contributed by atoms with Crippen molar-refractivity contribution in [2.45, 2.75) is 12.8 Å². The first-order chi connectivity index (χ1) is 13.7. The lowest BCUT2D eigenvalue weighted by atomic mass is 10.0. The predicted molar refractivity (Wildman–Crippen MR) is 94.5 cm³/mol. The average Bonchev–Trinajstić information content (AvgIpc) is 2.67. The topological polar surface area (TPSA) is 98.1 Å². The zero-order valence-corrected chi connectivity index (χ0v) is 14.6. The van der Waals surface area contributed by atoms with Crippen LogP contribution in [0.5, 0.6) is 5.75 Å². The Morgan fingerprint density at radius 2 is 1.86 bits per heavy atom. The molecule has 1 amide bonds. The smallest absolute Gasteiger partial charge is 0.431 e. The highest BCUT2D eigenvalue weighted by molar-refractivity contribution is 5.94. The highest BCUT2D eigenvalue weighted by Crippen LogP contribution is 2.35. The molecule has 2 aromatic heterocycles. The number of alkyl halides is 3. The number of rotatable bonds is 5. The van der Waals surface area contributed by atoms with Gasteiger partial charge in [-0.15, -0.1) is 0 Å². The molecule has 0 aliphatic carbocycles. The molecule has 2 heterocycles. The summed E-state index contributed by atoms with van der Waals surface area (Å²) in [4.78, 5) is 28.5. The first-order valence-electron chi connectivity index (χ1n) is 8.14. The summed E-state index contributed by atoms with van der Waals surface area (Å²) in [6.45, 7) is -0.176. The van der Waals surface area contributed by atoms with Crippen LogP contribution >= 0.6 is 0 Å². The van der Waals surface area contributed by atoms with Gasteiger partial charge in [0.2, 0.25) is 0 Å². The van der Waals surface area contributed by atoms with Crippen molar-refractivity contribution in [3.8, 4) is 16.9 Å². The number of hydrogen-bond donors (Lipinski definition) is 2. The van der Waals surface area contributed by atoms with E-state index < -0.39 is 40.3 Å². The van der Waals surface area contributed by atoms with E-state index in [0.29, 0.717) is 0 Å². The molecule has 0 radical (unpaired) electrons. The second kappa shape index (κ2) is 7.74. The summed E-state index contributed by atoms with van der Waals surface area (Å²) in [5.74, 6) is -1.45. The van der Waals surface area contributed by atoms with Crippen LogP contribution < -0.4 is 16.0 Å². The molecule has 0 atom stereocenters. The summed E-state index contributed by atoms with van der Waals surface area (Å²) in [5, 5.41) is 0. The Kier molecular flexibility index (Phi) is 5.35. The number of pyridine rings is 2. The fourth-order valence-electron chi connectivity index (χ4n) is 2.57. The second-order valence-electron chi connectivity index (χ2n) is 5.91. The zero-order valence-electron chi connectivity index (χ0n) is 14.6. The lowest BCUT2D eigenvalue weighted by Gasteiger charge is -2.14. The number of aromatic amines is 1. The van der Waals surface area contributed by atoms with E-state index in [4.69, 9.17) is 10.5 Å². The number of carbonyl (C=O) groups excluding carboxylic acids is 1. The fourth-order valence-corrected chi connectivity index (χ4v) is 2.57. The molecule has 0 fully saturated rings. The third kappa shape index (κ3) is 4.42. The molecule has 0 aliphatic rings. The quantitative estimate of drug-likeness (QED) is 0.635. The number of ether oxygens (including phenoxy) is 1. The van der Waals surface area contributed by atoms with Gasteiger partial charge in [0.25, 0.3) is 11.5 Å². The van der Waals surface area contributed by atoms with E-state index in [1.54, 1.807) is 4.98 Å². The van der Waals surface area contributed by atoms with Crippen molar-refractivity contribution < 1.29 is 27.1 Å². The number of nitrogens with one attached hydrogen (secondary N) is 1. The van der Waals surface area contributed by atoms with Gasteiger partial charge in [0.1, 0.15) is 35.1 Å². The molecule has 3 rings (SSSR count). The Bertz CT molecular complexity index is 1110. The maximum Gasteiger partial charge on any atom is 0.431 e. The first kappa shape index (κ1) is 20.1. The van der Waals surface area contributed by atoms with Crippen molar-refractivity contribution in [1.82, 2.24) is 9.97 Å². The molecule has 0 saturated heterocycles. The zero-order chi connectivity index (χ0) is 21.2. The van der Waals surface area contributed by atoms with Crippen LogP contribution in [0.15, 0.2) is 53.5 Å². The Balaban J connectivity index is 1.93. The summed E-state index contributed by atoms with van der Waals surface area (Å²) in [6.07, 6.45) is -3.47. The van der Waals surface area contributed by atoms with E-state index in [-0.39, 0.29) is 23.6 Å². The van der Waals surface area contributed by atoms with Crippen molar-refractivity contribution in [2.75, 3.05) is 0 Å². The van der Waals surface area contributed by atoms with Crippen LogP contribution in [0.3, 0.4) is 0 Å². The normalized spacial score (nSPS) is 11.3. The number of carbonyl (C=O) groups is 1. The van der Waals surface area contributed by atoms with E-state index in [1.165, 1.54) is 42.6 Å².